The van der Waals surface area contributed by atoms with E-state index in [9.17, 15) is 4.79 Å². The summed E-state index contributed by atoms with van der Waals surface area (Å²) in [7, 11) is 0. The molecule has 2 atom stereocenters. The van der Waals surface area contributed by atoms with Crippen LogP contribution in [-0.4, -0.2) is 34.7 Å². The second kappa shape index (κ2) is 7.88. The van der Waals surface area contributed by atoms with Crippen molar-refractivity contribution in [3.8, 4) is 0 Å². The molecule has 2 unspecified atom stereocenters. The Morgan fingerprint density at radius 1 is 1.64 bits per heavy atom. The number of aliphatic hydroxyl groups is 1. The number of nitrogens with one attached hydrogen (secondary N) is 1. The van der Waals surface area contributed by atoms with Crippen LogP contribution in [0.15, 0.2) is 12.7 Å². The van der Waals surface area contributed by atoms with Gasteiger partial charge in [-0.25, -0.2) is 0 Å². The Kier molecular flexibility index (Phi) is 7.61. The van der Waals surface area contributed by atoms with Crippen LogP contribution in [0.3, 0.4) is 0 Å². The molecule has 0 rings (SSSR count). The van der Waals surface area contributed by atoms with Crippen LogP contribution < -0.4 is 5.32 Å². The van der Waals surface area contributed by atoms with Gasteiger partial charge in [-0.1, -0.05) is 13.0 Å². The number of hydrogen-bond donors (Lipinski definition) is 2. The third-order valence-corrected chi connectivity index (χ3v) is 3.08. The zero-order chi connectivity index (χ0) is 11.0. The Labute approximate surface area is 90.0 Å². The molecule has 4 heteroatoms. The van der Waals surface area contributed by atoms with E-state index in [2.05, 4.69) is 11.9 Å². The highest BCUT2D eigenvalue weighted by Crippen LogP contribution is 2.19. The van der Waals surface area contributed by atoms with Crippen LogP contribution in [0.25, 0.3) is 0 Å². The molecule has 0 bridgehead atoms. The van der Waals surface area contributed by atoms with Crippen molar-refractivity contribution in [2.75, 3.05) is 13.2 Å². The van der Waals surface area contributed by atoms with Crippen LogP contribution in [0.5, 0.6) is 0 Å². The first-order valence-corrected chi connectivity index (χ1v) is 5.71. The van der Waals surface area contributed by atoms with Gasteiger partial charge >= 0.3 is 0 Å². The summed E-state index contributed by atoms with van der Waals surface area (Å²) < 4.78 is 0. The maximum absolute atomic E-state index is 11.4. The van der Waals surface area contributed by atoms with Crippen molar-refractivity contribution in [1.29, 1.82) is 0 Å². The Hall–Kier alpha value is -0.480. The van der Waals surface area contributed by atoms with Gasteiger partial charge in [0.05, 0.1) is 5.25 Å². The molecule has 0 saturated carbocycles. The number of amides is 1. The predicted molar refractivity (Wildman–Crippen MR) is 61.4 cm³/mol. The molecule has 0 radical (unpaired) electrons. The monoisotopic (exact) mass is 217 g/mol. The smallest absolute Gasteiger partial charge is 0.233 e. The second-order valence-corrected chi connectivity index (χ2v) is 4.92. The van der Waals surface area contributed by atoms with Crippen molar-refractivity contribution in [3.63, 3.8) is 0 Å². The molecule has 3 nitrogen and oxygen atoms in total. The molecular formula is C10H19NO2S. The van der Waals surface area contributed by atoms with Gasteiger partial charge in [-0.3, -0.25) is 4.79 Å². The van der Waals surface area contributed by atoms with E-state index >= 15 is 0 Å². The Morgan fingerprint density at radius 3 is 2.79 bits per heavy atom. The van der Waals surface area contributed by atoms with Crippen molar-refractivity contribution in [2.24, 2.45) is 0 Å². The molecule has 0 spiro atoms. The van der Waals surface area contributed by atoms with Crippen molar-refractivity contribution >= 4 is 17.7 Å². The van der Waals surface area contributed by atoms with Gasteiger partial charge in [0.2, 0.25) is 5.91 Å². The molecule has 0 aliphatic carbocycles. The fourth-order valence-corrected chi connectivity index (χ4v) is 2.12. The molecule has 14 heavy (non-hydrogen) atoms. The summed E-state index contributed by atoms with van der Waals surface area (Å²) >= 11 is 1.58. The van der Waals surface area contributed by atoms with E-state index in [4.69, 9.17) is 5.11 Å². The van der Waals surface area contributed by atoms with Gasteiger partial charge < -0.3 is 10.4 Å². The summed E-state index contributed by atoms with van der Waals surface area (Å²) in [5, 5.41) is 11.7. The highest BCUT2D eigenvalue weighted by Gasteiger charge is 2.15. The molecule has 0 saturated heterocycles. The van der Waals surface area contributed by atoms with Crippen molar-refractivity contribution in [1.82, 2.24) is 5.32 Å². The summed E-state index contributed by atoms with van der Waals surface area (Å²) in [6, 6.07) is 0. The van der Waals surface area contributed by atoms with Gasteiger partial charge in [-0.15, -0.1) is 18.3 Å². The number of thioether (sulfide) groups is 1. The largest absolute Gasteiger partial charge is 0.396 e. The molecule has 0 aliphatic heterocycles. The first-order valence-electron chi connectivity index (χ1n) is 4.76. The molecule has 2 N–H and O–H groups in total. The van der Waals surface area contributed by atoms with E-state index in [0.29, 0.717) is 11.8 Å². The van der Waals surface area contributed by atoms with Gasteiger partial charge in [0.25, 0.3) is 0 Å². The minimum absolute atomic E-state index is 0.0275. The molecule has 1 amide bonds. The minimum Gasteiger partial charge on any atom is -0.396 e. The highest BCUT2D eigenvalue weighted by molar-refractivity contribution is 8.01. The van der Waals surface area contributed by atoms with Crippen molar-refractivity contribution in [2.45, 2.75) is 30.8 Å². The van der Waals surface area contributed by atoms with Gasteiger partial charge in [-0.2, -0.15) is 0 Å². The maximum atomic E-state index is 11.4. The average Bonchev–Trinajstić information content (AvgIpc) is 2.14. The van der Waals surface area contributed by atoms with Crippen LogP contribution in [0.2, 0.25) is 0 Å². The first kappa shape index (κ1) is 13.5. The summed E-state index contributed by atoms with van der Waals surface area (Å²) in [6.45, 7) is 8.10. The molecule has 0 fully saturated rings. The average molecular weight is 217 g/mol. The summed E-state index contributed by atoms with van der Waals surface area (Å²) in [5.74, 6) is 0.0275. The lowest BCUT2D eigenvalue weighted by atomic mass is 10.3. The lowest BCUT2D eigenvalue weighted by Crippen LogP contribution is -2.31. The quantitative estimate of drug-likeness (QED) is 0.630. The summed E-state index contributed by atoms with van der Waals surface area (Å²) in [4.78, 5) is 11.4. The lowest BCUT2D eigenvalue weighted by Gasteiger charge is -2.15. The van der Waals surface area contributed by atoms with Gasteiger partial charge in [0.15, 0.2) is 0 Å². The molecule has 0 aromatic carbocycles. The number of hydrogen-bond acceptors (Lipinski definition) is 3. The van der Waals surface area contributed by atoms with Crippen LogP contribution in [0, 0.1) is 0 Å². The zero-order valence-electron chi connectivity index (χ0n) is 8.82. The van der Waals surface area contributed by atoms with Gasteiger partial charge in [0, 0.05) is 18.4 Å². The molecule has 0 aromatic rings. The van der Waals surface area contributed by atoms with Crippen LogP contribution in [-0.2, 0) is 4.79 Å². The maximum Gasteiger partial charge on any atom is 0.233 e. The number of carbonyl (C=O) groups is 1. The third kappa shape index (κ3) is 6.05. The van der Waals surface area contributed by atoms with Crippen molar-refractivity contribution < 1.29 is 9.90 Å². The van der Waals surface area contributed by atoms with Crippen LogP contribution in [0.4, 0.5) is 0 Å². The normalized spacial score (nSPS) is 14.5. The molecule has 0 aromatic heterocycles. The Morgan fingerprint density at radius 2 is 2.29 bits per heavy atom. The molecule has 0 aliphatic rings. The summed E-state index contributed by atoms with van der Waals surface area (Å²) in [5.41, 5.74) is 0. The van der Waals surface area contributed by atoms with Gasteiger partial charge in [-0.05, 0) is 13.3 Å². The van der Waals surface area contributed by atoms with Crippen LogP contribution >= 0.6 is 11.8 Å². The van der Waals surface area contributed by atoms with E-state index in [-0.39, 0.29) is 17.8 Å². The molecular weight excluding hydrogens is 198 g/mol. The van der Waals surface area contributed by atoms with E-state index in [1.807, 2.05) is 13.8 Å². The highest BCUT2D eigenvalue weighted by atomic mass is 32.2. The fourth-order valence-electron chi connectivity index (χ4n) is 0.977. The predicted octanol–water partition coefficient (Wildman–Crippen LogP) is 1.18. The fraction of sp³-hybridized carbons (Fsp3) is 0.700. The Bertz CT molecular complexity index is 185. The topological polar surface area (TPSA) is 49.3 Å². The third-order valence-electron chi connectivity index (χ3n) is 1.76. The standard InChI is InChI=1S/C10H19NO2S/c1-4-6-11-10(13)9(3)14-8(2)5-7-12/h4,8-9,12H,1,5-7H2,2-3H3,(H,11,13). The lowest BCUT2D eigenvalue weighted by molar-refractivity contribution is -0.120. The summed E-state index contributed by atoms with van der Waals surface area (Å²) in [6.07, 6.45) is 2.39. The van der Waals surface area contributed by atoms with E-state index in [1.165, 1.54) is 0 Å². The first-order chi connectivity index (χ1) is 6.61. The van der Waals surface area contributed by atoms with Gasteiger partial charge in [0.1, 0.15) is 0 Å². The van der Waals surface area contributed by atoms with Crippen LogP contribution in [0.1, 0.15) is 20.3 Å². The van der Waals surface area contributed by atoms with E-state index < -0.39 is 0 Å². The van der Waals surface area contributed by atoms with E-state index in [1.54, 1.807) is 17.8 Å². The molecule has 0 heterocycles. The second-order valence-electron chi connectivity index (χ2n) is 3.14. The van der Waals surface area contributed by atoms with Crippen molar-refractivity contribution in [3.05, 3.63) is 12.7 Å². The number of aliphatic hydroxyl groups excluding tert-OH is 1. The SMILES string of the molecule is C=CCNC(=O)C(C)SC(C)CCO. The Balaban J connectivity index is 3.75. The zero-order valence-corrected chi connectivity index (χ0v) is 9.64. The number of rotatable bonds is 7. The van der Waals surface area contributed by atoms with E-state index in [0.717, 1.165) is 6.42 Å². The minimum atomic E-state index is -0.0727. The molecule has 82 valence electrons. The number of carbonyl (C=O) groups excluding carboxylic acids is 1.